The van der Waals surface area contributed by atoms with Crippen molar-refractivity contribution < 1.29 is 9.84 Å². The molecule has 0 bridgehead atoms. The third kappa shape index (κ3) is 5.20. The summed E-state index contributed by atoms with van der Waals surface area (Å²) in [6, 6.07) is 6.35. The molecule has 17 heavy (non-hydrogen) atoms. The van der Waals surface area contributed by atoms with Crippen molar-refractivity contribution in [2.45, 2.75) is 39.8 Å². The van der Waals surface area contributed by atoms with Gasteiger partial charge in [0.1, 0.15) is 18.5 Å². The van der Waals surface area contributed by atoms with Crippen molar-refractivity contribution in [3.8, 4) is 5.75 Å². The van der Waals surface area contributed by atoms with Gasteiger partial charge in [-0.15, -0.1) is 0 Å². The number of ether oxygens (including phenoxy) is 1. The summed E-state index contributed by atoms with van der Waals surface area (Å²) in [6.07, 6.45) is -0.473. The highest BCUT2D eigenvalue weighted by Gasteiger charge is 2.06. The van der Waals surface area contributed by atoms with Gasteiger partial charge in [-0.25, -0.2) is 0 Å². The quantitative estimate of drug-likeness (QED) is 0.795. The van der Waals surface area contributed by atoms with Gasteiger partial charge in [0.05, 0.1) is 0 Å². The van der Waals surface area contributed by atoms with Crippen molar-refractivity contribution in [1.82, 2.24) is 5.32 Å². The summed E-state index contributed by atoms with van der Waals surface area (Å²) < 4.78 is 5.55. The lowest BCUT2D eigenvalue weighted by Crippen LogP contribution is -2.35. The Morgan fingerprint density at radius 1 is 1.24 bits per heavy atom. The molecule has 1 aromatic carbocycles. The maximum atomic E-state index is 9.70. The summed E-state index contributed by atoms with van der Waals surface area (Å²) in [4.78, 5) is 0. The van der Waals surface area contributed by atoms with Crippen LogP contribution in [0.4, 0.5) is 0 Å². The van der Waals surface area contributed by atoms with Gasteiger partial charge in [0.15, 0.2) is 0 Å². The van der Waals surface area contributed by atoms with Crippen molar-refractivity contribution in [3.63, 3.8) is 0 Å². The first kappa shape index (κ1) is 14.0. The zero-order valence-electron chi connectivity index (χ0n) is 11.2. The van der Waals surface area contributed by atoms with Crippen LogP contribution in [0.2, 0.25) is 0 Å². The van der Waals surface area contributed by atoms with E-state index < -0.39 is 6.10 Å². The normalized spacial score (nSPS) is 12.8. The maximum Gasteiger partial charge on any atom is 0.119 e. The first-order valence-corrected chi connectivity index (χ1v) is 6.10. The summed E-state index contributed by atoms with van der Waals surface area (Å²) in [5.41, 5.74) is 2.46. The van der Waals surface area contributed by atoms with Gasteiger partial charge in [-0.05, 0) is 37.1 Å². The summed E-state index contributed by atoms with van der Waals surface area (Å²) in [7, 11) is 0. The lowest BCUT2D eigenvalue weighted by Gasteiger charge is -2.15. The van der Waals surface area contributed by atoms with Crippen LogP contribution in [-0.2, 0) is 0 Å². The number of aryl methyl sites for hydroxylation is 2. The minimum atomic E-state index is -0.473. The second kappa shape index (κ2) is 6.62. The van der Waals surface area contributed by atoms with Gasteiger partial charge in [-0.2, -0.15) is 0 Å². The van der Waals surface area contributed by atoms with Gasteiger partial charge >= 0.3 is 0 Å². The molecule has 3 heteroatoms. The fourth-order valence-electron chi connectivity index (χ4n) is 1.43. The Labute approximate surface area is 104 Å². The fourth-order valence-corrected chi connectivity index (χ4v) is 1.43. The first-order valence-electron chi connectivity index (χ1n) is 6.10. The molecule has 0 aliphatic heterocycles. The van der Waals surface area contributed by atoms with Crippen LogP contribution in [0.3, 0.4) is 0 Å². The van der Waals surface area contributed by atoms with Gasteiger partial charge in [0.25, 0.3) is 0 Å². The van der Waals surface area contributed by atoms with E-state index in [1.165, 1.54) is 11.1 Å². The Balaban J connectivity index is 2.36. The highest BCUT2D eigenvalue weighted by Crippen LogP contribution is 2.16. The number of aliphatic hydroxyl groups excluding tert-OH is 1. The summed E-state index contributed by atoms with van der Waals surface area (Å²) in [5, 5.41) is 12.9. The molecule has 0 unspecified atom stereocenters. The molecule has 1 rings (SSSR count). The van der Waals surface area contributed by atoms with Gasteiger partial charge < -0.3 is 15.2 Å². The van der Waals surface area contributed by atoms with E-state index >= 15 is 0 Å². The molecule has 0 saturated heterocycles. The van der Waals surface area contributed by atoms with Crippen molar-refractivity contribution in [2.75, 3.05) is 13.2 Å². The van der Waals surface area contributed by atoms with E-state index in [2.05, 4.69) is 33.0 Å². The second-order valence-corrected chi connectivity index (χ2v) is 4.77. The minimum Gasteiger partial charge on any atom is -0.491 e. The fraction of sp³-hybridized carbons (Fsp3) is 0.571. The number of hydrogen-bond acceptors (Lipinski definition) is 3. The predicted molar refractivity (Wildman–Crippen MR) is 70.6 cm³/mol. The monoisotopic (exact) mass is 237 g/mol. The Kier molecular flexibility index (Phi) is 5.45. The SMILES string of the molecule is Cc1ccc(OC[C@H](O)CNC(C)C)cc1C. The van der Waals surface area contributed by atoms with Crippen LogP contribution in [0.1, 0.15) is 25.0 Å². The number of nitrogens with one attached hydrogen (secondary N) is 1. The van der Waals surface area contributed by atoms with Gasteiger partial charge in [0, 0.05) is 12.6 Å². The van der Waals surface area contributed by atoms with Crippen molar-refractivity contribution in [3.05, 3.63) is 29.3 Å². The molecule has 0 heterocycles. The lowest BCUT2D eigenvalue weighted by molar-refractivity contribution is 0.104. The van der Waals surface area contributed by atoms with Gasteiger partial charge in [-0.1, -0.05) is 19.9 Å². The highest BCUT2D eigenvalue weighted by atomic mass is 16.5. The van der Waals surface area contributed by atoms with E-state index in [0.717, 1.165) is 5.75 Å². The zero-order valence-corrected chi connectivity index (χ0v) is 11.2. The van der Waals surface area contributed by atoms with Gasteiger partial charge in [-0.3, -0.25) is 0 Å². The Bertz CT molecular complexity index is 350. The third-order valence-electron chi connectivity index (χ3n) is 2.68. The molecular formula is C14H23NO2. The predicted octanol–water partition coefficient (Wildman–Crippen LogP) is 2.04. The molecule has 0 radical (unpaired) electrons. The summed E-state index contributed by atoms with van der Waals surface area (Å²) in [5.74, 6) is 0.816. The van der Waals surface area contributed by atoms with E-state index in [0.29, 0.717) is 19.2 Å². The molecule has 2 N–H and O–H groups in total. The summed E-state index contributed by atoms with van der Waals surface area (Å²) in [6.45, 7) is 9.11. The Hall–Kier alpha value is -1.06. The van der Waals surface area contributed by atoms with E-state index in [1.807, 2.05) is 18.2 Å². The maximum absolute atomic E-state index is 9.70. The highest BCUT2D eigenvalue weighted by molar-refractivity contribution is 5.33. The van der Waals surface area contributed by atoms with Crippen LogP contribution in [0.25, 0.3) is 0 Å². The van der Waals surface area contributed by atoms with Crippen LogP contribution in [0.5, 0.6) is 5.75 Å². The Morgan fingerprint density at radius 2 is 1.94 bits per heavy atom. The molecule has 3 nitrogen and oxygen atoms in total. The molecule has 0 aromatic heterocycles. The van der Waals surface area contributed by atoms with Crippen LogP contribution in [-0.4, -0.2) is 30.4 Å². The van der Waals surface area contributed by atoms with E-state index in [-0.39, 0.29) is 0 Å². The van der Waals surface area contributed by atoms with E-state index in [1.54, 1.807) is 0 Å². The molecule has 0 spiro atoms. The van der Waals surface area contributed by atoms with E-state index in [4.69, 9.17) is 4.74 Å². The summed E-state index contributed by atoms with van der Waals surface area (Å²) >= 11 is 0. The second-order valence-electron chi connectivity index (χ2n) is 4.77. The molecule has 1 aromatic rings. The number of rotatable bonds is 6. The molecule has 0 saturated carbocycles. The first-order chi connectivity index (χ1) is 7.99. The standard InChI is InChI=1S/C14H23NO2/c1-10(2)15-8-13(16)9-17-14-6-5-11(3)12(4)7-14/h5-7,10,13,15-16H,8-9H2,1-4H3/t13-/m1/s1. The van der Waals surface area contributed by atoms with E-state index in [9.17, 15) is 5.11 Å². The molecular weight excluding hydrogens is 214 g/mol. The lowest BCUT2D eigenvalue weighted by atomic mass is 10.1. The number of hydrogen-bond donors (Lipinski definition) is 2. The van der Waals surface area contributed by atoms with Crippen molar-refractivity contribution in [1.29, 1.82) is 0 Å². The van der Waals surface area contributed by atoms with Crippen LogP contribution >= 0.6 is 0 Å². The van der Waals surface area contributed by atoms with Gasteiger partial charge in [0.2, 0.25) is 0 Å². The number of aliphatic hydroxyl groups is 1. The molecule has 0 fully saturated rings. The molecule has 0 aliphatic carbocycles. The van der Waals surface area contributed by atoms with Crippen molar-refractivity contribution in [2.24, 2.45) is 0 Å². The molecule has 0 amide bonds. The van der Waals surface area contributed by atoms with Crippen LogP contribution < -0.4 is 10.1 Å². The average molecular weight is 237 g/mol. The molecule has 96 valence electrons. The molecule has 0 aliphatic rings. The zero-order chi connectivity index (χ0) is 12.8. The Morgan fingerprint density at radius 3 is 2.53 bits per heavy atom. The van der Waals surface area contributed by atoms with Crippen LogP contribution in [0, 0.1) is 13.8 Å². The van der Waals surface area contributed by atoms with Crippen molar-refractivity contribution >= 4 is 0 Å². The average Bonchev–Trinajstić information content (AvgIpc) is 2.28. The third-order valence-corrected chi connectivity index (χ3v) is 2.68. The van der Waals surface area contributed by atoms with Crippen LogP contribution in [0.15, 0.2) is 18.2 Å². The topological polar surface area (TPSA) is 41.5 Å². The smallest absolute Gasteiger partial charge is 0.119 e. The number of benzene rings is 1. The largest absolute Gasteiger partial charge is 0.491 e. The molecule has 1 atom stereocenters. The minimum absolute atomic E-state index is 0.322.